The lowest BCUT2D eigenvalue weighted by atomic mass is 10.1. The van der Waals surface area contributed by atoms with Gasteiger partial charge in [0.25, 0.3) is 0 Å². The van der Waals surface area contributed by atoms with Gasteiger partial charge in [0.05, 0.1) is 4.92 Å². The van der Waals surface area contributed by atoms with Crippen LogP contribution in [0.25, 0.3) is 0 Å². The monoisotopic (exact) mass is 275 g/mol. The molecule has 0 unspecified atom stereocenters. The van der Waals surface area contributed by atoms with E-state index < -0.39 is 16.7 Å². The SMILES string of the molecule is NC[C@@H](N)c1cc(Br)cc([N+](=O)[O-])c1O. The van der Waals surface area contributed by atoms with Crippen molar-refractivity contribution in [3.8, 4) is 5.75 Å². The molecule has 0 aliphatic carbocycles. The van der Waals surface area contributed by atoms with E-state index >= 15 is 0 Å². The van der Waals surface area contributed by atoms with Crippen molar-refractivity contribution >= 4 is 21.6 Å². The Morgan fingerprint density at radius 3 is 2.67 bits per heavy atom. The van der Waals surface area contributed by atoms with Crippen LogP contribution in [0.4, 0.5) is 5.69 Å². The van der Waals surface area contributed by atoms with Crippen LogP contribution < -0.4 is 11.5 Å². The molecule has 82 valence electrons. The van der Waals surface area contributed by atoms with Gasteiger partial charge in [-0.1, -0.05) is 15.9 Å². The van der Waals surface area contributed by atoms with Gasteiger partial charge in [-0.3, -0.25) is 10.1 Å². The summed E-state index contributed by atoms with van der Waals surface area (Å²) in [5.74, 6) is -0.429. The first kappa shape index (κ1) is 11.9. The number of nitro benzene ring substituents is 1. The molecule has 0 heterocycles. The number of halogens is 1. The third kappa shape index (κ3) is 2.44. The van der Waals surface area contributed by atoms with Crippen LogP contribution in [-0.4, -0.2) is 16.6 Å². The van der Waals surface area contributed by atoms with Gasteiger partial charge in [0.15, 0.2) is 5.75 Å². The topological polar surface area (TPSA) is 115 Å². The van der Waals surface area contributed by atoms with Crippen molar-refractivity contribution in [3.63, 3.8) is 0 Å². The summed E-state index contributed by atoms with van der Waals surface area (Å²) in [6.07, 6.45) is 0. The van der Waals surface area contributed by atoms with Gasteiger partial charge in [-0.15, -0.1) is 0 Å². The quantitative estimate of drug-likeness (QED) is 0.563. The lowest BCUT2D eigenvalue weighted by Crippen LogP contribution is -2.21. The summed E-state index contributed by atoms with van der Waals surface area (Å²) < 4.78 is 0.478. The fourth-order valence-electron chi connectivity index (χ4n) is 1.15. The maximum atomic E-state index is 10.6. The highest BCUT2D eigenvalue weighted by molar-refractivity contribution is 9.10. The molecule has 0 spiro atoms. The average molecular weight is 276 g/mol. The molecule has 0 amide bonds. The minimum atomic E-state index is -0.674. The molecule has 0 saturated heterocycles. The first-order valence-electron chi connectivity index (χ1n) is 4.09. The van der Waals surface area contributed by atoms with E-state index in [0.717, 1.165) is 0 Å². The molecule has 0 bridgehead atoms. The van der Waals surface area contributed by atoms with Gasteiger partial charge in [0.1, 0.15) is 0 Å². The maximum Gasteiger partial charge on any atom is 0.312 e. The summed E-state index contributed by atoms with van der Waals surface area (Å²) in [4.78, 5) is 9.92. The van der Waals surface area contributed by atoms with Gasteiger partial charge in [-0.2, -0.15) is 0 Å². The Bertz CT molecular complexity index is 397. The van der Waals surface area contributed by atoms with E-state index in [1.54, 1.807) is 0 Å². The fraction of sp³-hybridized carbons (Fsp3) is 0.250. The van der Waals surface area contributed by atoms with E-state index in [0.29, 0.717) is 4.47 Å². The van der Waals surface area contributed by atoms with E-state index in [1.165, 1.54) is 12.1 Å². The van der Waals surface area contributed by atoms with Crippen LogP contribution in [0.15, 0.2) is 16.6 Å². The average Bonchev–Trinajstić information content (AvgIpc) is 2.19. The Balaban J connectivity index is 3.34. The minimum absolute atomic E-state index is 0.0984. The number of benzene rings is 1. The van der Waals surface area contributed by atoms with E-state index in [2.05, 4.69) is 15.9 Å². The molecular weight excluding hydrogens is 266 g/mol. The molecule has 0 fully saturated rings. The van der Waals surface area contributed by atoms with Gasteiger partial charge in [-0.25, -0.2) is 0 Å². The summed E-state index contributed by atoms with van der Waals surface area (Å²) in [5.41, 5.74) is 10.8. The zero-order valence-electron chi connectivity index (χ0n) is 7.68. The van der Waals surface area contributed by atoms with E-state index in [-0.39, 0.29) is 17.8 Å². The second-order valence-corrected chi connectivity index (χ2v) is 3.88. The predicted octanol–water partition coefficient (Wildman–Crippen LogP) is 1.02. The lowest BCUT2D eigenvalue weighted by Gasteiger charge is -2.11. The van der Waals surface area contributed by atoms with Crippen LogP contribution in [0.5, 0.6) is 5.75 Å². The Kier molecular flexibility index (Phi) is 3.61. The molecule has 5 N–H and O–H groups in total. The van der Waals surface area contributed by atoms with Crippen LogP contribution in [-0.2, 0) is 0 Å². The van der Waals surface area contributed by atoms with E-state index in [4.69, 9.17) is 11.5 Å². The van der Waals surface area contributed by atoms with Crippen LogP contribution in [0.2, 0.25) is 0 Å². The molecule has 1 rings (SSSR count). The molecule has 6 nitrogen and oxygen atoms in total. The molecule has 7 heteroatoms. The zero-order valence-corrected chi connectivity index (χ0v) is 9.27. The number of nitrogens with two attached hydrogens (primary N) is 2. The molecule has 0 radical (unpaired) electrons. The van der Waals surface area contributed by atoms with Crippen LogP contribution >= 0.6 is 15.9 Å². The Morgan fingerprint density at radius 2 is 2.20 bits per heavy atom. The zero-order chi connectivity index (χ0) is 11.6. The summed E-state index contributed by atoms with van der Waals surface area (Å²) in [6.45, 7) is 0.0984. The van der Waals surface area contributed by atoms with Crippen molar-refractivity contribution in [2.75, 3.05) is 6.54 Å². The van der Waals surface area contributed by atoms with Gasteiger partial charge in [0.2, 0.25) is 0 Å². The van der Waals surface area contributed by atoms with Gasteiger partial charge in [-0.05, 0) is 6.07 Å². The normalized spacial score (nSPS) is 12.5. The molecule has 0 aromatic heterocycles. The van der Waals surface area contributed by atoms with Crippen molar-refractivity contribution < 1.29 is 10.0 Å². The summed E-state index contributed by atoms with van der Waals surface area (Å²) >= 11 is 3.10. The first-order valence-corrected chi connectivity index (χ1v) is 4.89. The number of nitro groups is 1. The highest BCUT2D eigenvalue weighted by Gasteiger charge is 2.21. The summed E-state index contributed by atoms with van der Waals surface area (Å²) in [5, 5.41) is 20.2. The number of phenolic OH excluding ortho intramolecular Hbond substituents is 1. The predicted molar refractivity (Wildman–Crippen MR) is 58.4 cm³/mol. The van der Waals surface area contributed by atoms with E-state index in [9.17, 15) is 15.2 Å². The lowest BCUT2D eigenvalue weighted by molar-refractivity contribution is -0.386. The Morgan fingerprint density at radius 1 is 1.60 bits per heavy atom. The molecule has 15 heavy (non-hydrogen) atoms. The molecular formula is C8H10BrN3O3. The third-order valence-electron chi connectivity index (χ3n) is 1.93. The standard InChI is InChI=1S/C8H10BrN3O3/c9-4-1-5(6(11)3-10)8(13)7(2-4)12(14)15/h1-2,6,13H,3,10-11H2/t6-/m1/s1. The van der Waals surface area contributed by atoms with Crippen LogP contribution in [0.1, 0.15) is 11.6 Å². The number of aromatic hydroxyl groups is 1. The molecule has 1 aromatic rings. The van der Waals surface area contributed by atoms with Gasteiger partial charge >= 0.3 is 5.69 Å². The van der Waals surface area contributed by atoms with Crippen LogP contribution in [0.3, 0.4) is 0 Å². The highest BCUT2D eigenvalue weighted by Crippen LogP contribution is 2.35. The summed E-state index contributed by atoms with van der Waals surface area (Å²) in [7, 11) is 0. The largest absolute Gasteiger partial charge is 0.502 e. The number of hydrogen-bond donors (Lipinski definition) is 3. The fourth-order valence-corrected chi connectivity index (χ4v) is 1.62. The number of phenols is 1. The van der Waals surface area contributed by atoms with Crippen molar-refractivity contribution in [2.24, 2.45) is 11.5 Å². The first-order chi connectivity index (χ1) is 6.97. The Hall–Kier alpha value is -1.18. The number of nitrogens with zero attached hydrogens (tertiary/aromatic N) is 1. The smallest absolute Gasteiger partial charge is 0.312 e. The summed E-state index contributed by atoms with van der Waals surface area (Å²) in [6, 6.07) is 2.10. The third-order valence-corrected chi connectivity index (χ3v) is 2.39. The molecule has 0 aliphatic rings. The number of rotatable bonds is 3. The molecule has 0 saturated carbocycles. The second-order valence-electron chi connectivity index (χ2n) is 2.96. The van der Waals surface area contributed by atoms with Crippen molar-refractivity contribution in [2.45, 2.75) is 6.04 Å². The van der Waals surface area contributed by atoms with Crippen molar-refractivity contribution in [1.29, 1.82) is 0 Å². The Labute approximate surface area is 94.2 Å². The molecule has 1 aromatic carbocycles. The molecule has 1 atom stereocenters. The molecule has 0 aliphatic heterocycles. The van der Waals surface area contributed by atoms with Gasteiger partial charge < -0.3 is 16.6 Å². The minimum Gasteiger partial charge on any atom is -0.502 e. The maximum absolute atomic E-state index is 10.6. The van der Waals surface area contributed by atoms with Crippen LogP contribution in [0, 0.1) is 10.1 Å². The van der Waals surface area contributed by atoms with Crippen molar-refractivity contribution in [1.82, 2.24) is 0 Å². The van der Waals surface area contributed by atoms with Gasteiger partial charge in [0, 0.05) is 28.7 Å². The number of hydrogen-bond acceptors (Lipinski definition) is 5. The van der Waals surface area contributed by atoms with Crippen molar-refractivity contribution in [3.05, 3.63) is 32.3 Å². The highest BCUT2D eigenvalue weighted by atomic mass is 79.9. The van der Waals surface area contributed by atoms with E-state index in [1.807, 2.05) is 0 Å². The second kappa shape index (κ2) is 4.56.